The highest BCUT2D eigenvalue weighted by atomic mass is 19.3. The van der Waals surface area contributed by atoms with Crippen LogP contribution in [0.3, 0.4) is 0 Å². The minimum atomic E-state index is -3.71. The second-order valence-corrected chi connectivity index (χ2v) is 7.45. The van der Waals surface area contributed by atoms with Gasteiger partial charge in [0.25, 0.3) is 5.92 Å². The first-order valence-electron chi connectivity index (χ1n) is 10.1. The van der Waals surface area contributed by atoms with E-state index < -0.39 is 38.3 Å². The third-order valence-corrected chi connectivity index (χ3v) is 4.78. The monoisotopic (exact) mass is 474 g/mol. The number of halogens is 4. The molecule has 2 aliphatic rings. The highest BCUT2D eigenvalue weighted by molar-refractivity contribution is 5.45. The standard InChI is InChI=1S/C22H22F4O7/c23-21(24,11-27-9-15-1-3-17-19(7-15)31-13-29-17)5-6-33-22(25,26)12-28-10-16-2-4-18-20(8-16)32-14-30-18/h1-4,7-8H,5-6,9-14H2. The summed E-state index contributed by atoms with van der Waals surface area (Å²) in [6, 6.07) is 9.87. The van der Waals surface area contributed by atoms with E-state index in [1.807, 2.05) is 0 Å². The SMILES string of the molecule is FC(F)(CCOC(F)(F)COCc1ccc2c(c1)OCO2)COCc1ccc2c(c1)OCO2. The Hall–Kier alpha value is -2.76. The number of hydrogen-bond acceptors (Lipinski definition) is 7. The highest BCUT2D eigenvalue weighted by Crippen LogP contribution is 2.34. The van der Waals surface area contributed by atoms with Crippen molar-refractivity contribution in [3.8, 4) is 23.0 Å². The summed E-state index contributed by atoms with van der Waals surface area (Å²) in [6.45, 7) is -2.88. The molecule has 7 nitrogen and oxygen atoms in total. The molecule has 2 aromatic carbocycles. The van der Waals surface area contributed by atoms with Gasteiger partial charge in [-0.15, -0.1) is 0 Å². The summed E-state index contributed by atoms with van der Waals surface area (Å²) in [6.07, 6.45) is -4.63. The summed E-state index contributed by atoms with van der Waals surface area (Å²) in [7, 11) is 0. The van der Waals surface area contributed by atoms with Crippen molar-refractivity contribution in [2.24, 2.45) is 0 Å². The van der Waals surface area contributed by atoms with E-state index in [0.717, 1.165) is 0 Å². The molecule has 11 heteroatoms. The number of benzene rings is 2. The number of hydrogen-bond donors (Lipinski definition) is 0. The molecule has 33 heavy (non-hydrogen) atoms. The van der Waals surface area contributed by atoms with Crippen molar-refractivity contribution in [1.29, 1.82) is 0 Å². The minimum absolute atomic E-state index is 0.0864. The molecule has 0 atom stereocenters. The Kier molecular flexibility index (Phi) is 7.11. The van der Waals surface area contributed by atoms with Crippen molar-refractivity contribution in [2.45, 2.75) is 31.7 Å². The Morgan fingerprint density at radius 3 is 1.79 bits per heavy atom. The number of fused-ring (bicyclic) bond motifs is 2. The summed E-state index contributed by atoms with van der Waals surface area (Å²) in [5, 5.41) is 0. The smallest absolute Gasteiger partial charge is 0.379 e. The molecule has 0 bridgehead atoms. The Balaban J connectivity index is 1.13. The maximum atomic E-state index is 14.0. The number of alkyl halides is 4. The average molecular weight is 474 g/mol. The van der Waals surface area contributed by atoms with E-state index in [-0.39, 0.29) is 26.8 Å². The van der Waals surface area contributed by atoms with E-state index in [1.165, 1.54) is 0 Å². The molecule has 0 amide bonds. The Bertz CT molecular complexity index is 879. The van der Waals surface area contributed by atoms with E-state index in [1.54, 1.807) is 36.4 Å². The van der Waals surface area contributed by atoms with Crippen LogP contribution >= 0.6 is 0 Å². The molecule has 4 rings (SSSR count). The van der Waals surface area contributed by atoms with E-state index in [2.05, 4.69) is 4.74 Å². The molecular formula is C22H22F4O7. The first-order valence-corrected chi connectivity index (χ1v) is 10.1. The van der Waals surface area contributed by atoms with Crippen LogP contribution in [0.2, 0.25) is 0 Å². The topological polar surface area (TPSA) is 64.6 Å². The van der Waals surface area contributed by atoms with Crippen molar-refractivity contribution in [3.63, 3.8) is 0 Å². The average Bonchev–Trinajstić information content (AvgIpc) is 3.41. The highest BCUT2D eigenvalue weighted by Gasteiger charge is 2.34. The van der Waals surface area contributed by atoms with Crippen LogP contribution in [0.1, 0.15) is 17.5 Å². The Labute approximate surface area is 187 Å². The van der Waals surface area contributed by atoms with Crippen molar-refractivity contribution in [3.05, 3.63) is 47.5 Å². The molecule has 0 saturated heterocycles. The molecule has 2 aromatic rings. The van der Waals surface area contributed by atoms with E-state index in [4.69, 9.17) is 28.4 Å². The zero-order chi connectivity index (χ0) is 23.3. The molecule has 0 saturated carbocycles. The van der Waals surface area contributed by atoms with Crippen LogP contribution in [0.5, 0.6) is 23.0 Å². The number of ether oxygens (including phenoxy) is 7. The maximum Gasteiger partial charge on any atom is 0.379 e. The lowest BCUT2D eigenvalue weighted by atomic mass is 10.2. The molecule has 0 fully saturated rings. The third kappa shape index (κ3) is 6.62. The first kappa shape index (κ1) is 23.4. The Morgan fingerprint density at radius 1 is 0.697 bits per heavy atom. The fourth-order valence-corrected chi connectivity index (χ4v) is 3.13. The van der Waals surface area contributed by atoms with Crippen LogP contribution in [0, 0.1) is 0 Å². The van der Waals surface area contributed by atoms with Crippen molar-refractivity contribution in [1.82, 2.24) is 0 Å². The molecule has 0 N–H and O–H groups in total. The van der Waals surface area contributed by atoms with Crippen LogP contribution in [0.15, 0.2) is 36.4 Å². The summed E-state index contributed by atoms with van der Waals surface area (Å²) in [4.78, 5) is 0. The molecular weight excluding hydrogens is 452 g/mol. The van der Waals surface area contributed by atoms with Gasteiger partial charge in [0.2, 0.25) is 13.6 Å². The second-order valence-electron chi connectivity index (χ2n) is 7.45. The third-order valence-electron chi connectivity index (χ3n) is 4.78. The van der Waals surface area contributed by atoms with E-state index >= 15 is 0 Å². The molecule has 2 aliphatic heterocycles. The molecule has 0 unspecified atom stereocenters. The van der Waals surface area contributed by atoms with Crippen LogP contribution in [0.25, 0.3) is 0 Å². The molecule has 0 aliphatic carbocycles. The lowest BCUT2D eigenvalue weighted by Gasteiger charge is -2.20. The zero-order valence-corrected chi connectivity index (χ0v) is 17.5. The lowest BCUT2D eigenvalue weighted by molar-refractivity contribution is -0.271. The van der Waals surface area contributed by atoms with Crippen molar-refractivity contribution in [2.75, 3.05) is 33.4 Å². The minimum Gasteiger partial charge on any atom is -0.454 e. The fraction of sp³-hybridized carbons (Fsp3) is 0.455. The zero-order valence-electron chi connectivity index (χ0n) is 17.5. The van der Waals surface area contributed by atoms with Gasteiger partial charge in [-0.2, -0.15) is 8.78 Å². The predicted octanol–water partition coefficient (Wildman–Crippen LogP) is 4.51. The van der Waals surface area contributed by atoms with E-state index in [0.29, 0.717) is 34.1 Å². The summed E-state index contributed by atoms with van der Waals surface area (Å²) in [5.74, 6) is -1.18. The molecule has 0 aromatic heterocycles. The van der Waals surface area contributed by atoms with Crippen molar-refractivity contribution < 1.29 is 50.7 Å². The van der Waals surface area contributed by atoms with Crippen LogP contribution < -0.4 is 18.9 Å². The summed E-state index contributed by atoms with van der Waals surface area (Å²) < 4.78 is 90.6. The quantitative estimate of drug-likeness (QED) is 0.420. The maximum absolute atomic E-state index is 14.0. The van der Waals surface area contributed by atoms with Crippen LogP contribution in [0.4, 0.5) is 17.6 Å². The van der Waals surface area contributed by atoms with Gasteiger partial charge >= 0.3 is 6.11 Å². The Morgan fingerprint density at radius 2 is 1.21 bits per heavy atom. The van der Waals surface area contributed by atoms with Crippen molar-refractivity contribution >= 4 is 0 Å². The normalized spacial score (nSPS) is 14.7. The number of rotatable bonds is 12. The van der Waals surface area contributed by atoms with Gasteiger partial charge in [-0.05, 0) is 35.4 Å². The largest absolute Gasteiger partial charge is 0.454 e. The van der Waals surface area contributed by atoms with Crippen LogP contribution in [-0.4, -0.2) is 45.4 Å². The van der Waals surface area contributed by atoms with Gasteiger partial charge < -0.3 is 33.2 Å². The molecule has 2 heterocycles. The van der Waals surface area contributed by atoms with Gasteiger partial charge in [0.05, 0.1) is 19.8 Å². The van der Waals surface area contributed by atoms with Gasteiger partial charge in [-0.25, -0.2) is 8.78 Å². The lowest BCUT2D eigenvalue weighted by Crippen LogP contribution is -2.31. The molecule has 0 spiro atoms. The van der Waals surface area contributed by atoms with Gasteiger partial charge in [-0.1, -0.05) is 12.1 Å². The fourth-order valence-electron chi connectivity index (χ4n) is 3.13. The predicted molar refractivity (Wildman–Crippen MR) is 105 cm³/mol. The van der Waals surface area contributed by atoms with Gasteiger partial charge in [0.15, 0.2) is 23.0 Å². The summed E-state index contributed by atoms with van der Waals surface area (Å²) in [5.41, 5.74) is 1.22. The van der Waals surface area contributed by atoms with Gasteiger partial charge in [0.1, 0.15) is 13.2 Å². The van der Waals surface area contributed by atoms with Crippen LogP contribution in [-0.2, 0) is 27.4 Å². The molecule has 0 radical (unpaired) electrons. The van der Waals surface area contributed by atoms with Gasteiger partial charge in [-0.3, -0.25) is 0 Å². The van der Waals surface area contributed by atoms with E-state index in [9.17, 15) is 17.6 Å². The molecule has 180 valence electrons. The summed E-state index contributed by atoms with van der Waals surface area (Å²) >= 11 is 0. The van der Waals surface area contributed by atoms with Gasteiger partial charge in [0, 0.05) is 6.42 Å². The first-order chi connectivity index (χ1) is 15.8. The second kappa shape index (κ2) is 10.0.